The first-order valence-electron chi connectivity index (χ1n) is 29.0. The molecule has 0 aliphatic carbocycles. The number of nitrogens with two attached hydrogens (primary N) is 1. The number of Topliss-reactive ketones (excluding diaryl/α,β-unsaturated/α-hetero) is 2. The fourth-order valence-corrected chi connectivity index (χ4v) is 7.26. The van der Waals surface area contributed by atoms with Crippen molar-refractivity contribution in [3.63, 3.8) is 0 Å². The minimum Gasteiger partial charge on any atom is -0.497 e. The summed E-state index contributed by atoms with van der Waals surface area (Å²) in [4.78, 5) is 131. The second-order valence-corrected chi connectivity index (χ2v) is 21.2. The molecule has 1 aromatic carbocycles. The number of nitrogens with one attached hydrogen (secondary N) is 2. The van der Waals surface area contributed by atoms with Gasteiger partial charge in [0.15, 0.2) is 18.2 Å². The minimum atomic E-state index is -1.48. The lowest BCUT2D eigenvalue weighted by Crippen LogP contribution is -2.53. The lowest BCUT2D eigenvalue weighted by atomic mass is 9.81. The molecule has 2 aliphatic rings. The highest BCUT2D eigenvalue weighted by Gasteiger charge is 2.38. The van der Waals surface area contributed by atoms with E-state index in [-0.39, 0.29) is 24.9 Å². The normalized spacial score (nSPS) is 15.0. The van der Waals surface area contributed by atoms with E-state index in [2.05, 4.69) is 78.7 Å². The fourth-order valence-electron chi connectivity index (χ4n) is 7.26. The SMILES string of the molecule is CC.CC(C)C.CC(C)C.CCC.CC[C@H](C)[C@H](CC(=O)C(COC(=O)CN(C)C=O)NC(=O)CN(C)C(=O)C1CCCN1C(=O)C(C)O)C(O)CC(=O)OCC(=O)[C@H](C)C(=O)NCC(=O)N1CCCC1.CN.COc1ccc(C)cc1. The molecule has 0 aromatic heterocycles. The van der Waals surface area contributed by atoms with Crippen molar-refractivity contribution in [1.29, 1.82) is 0 Å². The van der Waals surface area contributed by atoms with Gasteiger partial charge >= 0.3 is 11.9 Å². The number of aryl methyl sites for hydroxylation is 1. The third kappa shape index (κ3) is 37.9. The topological polar surface area (TPSA) is 302 Å². The van der Waals surface area contributed by atoms with Crippen LogP contribution in [0, 0.1) is 36.5 Å². The maximum absolute atomic E-state index is 13.8. The molecule has 22 nitrogen and oxygen atoms in total. The van der Waals surface area contributed by atoms with Crippen molar-refractivity contribution in [2.45, 2.75) is 180 Å². The number of aliphatic hydroxyl groups is 2. The molecule has 7 atom stereocenters. The number of esters is 2. The second-order valence-electron chi connectivity index (χ2n) is 21.2. The summed E-state index contributed by atoms with van der Waals surface area (Å²) in [5.74, 6) is -6.22. The van der Waals surface area contributed by atoms with Gasteiger partial charge in [-0.15, -0.1) is 0 Å². The Morgan fingerprint density at radius 3 is 1.77 bits per heavy atom. The number of likely N-dealkylation sites (N-methyl/N-ethyl adjacent to an activating group) is 2. The van der Waals surface area contributed by atoms with Crippen LogP contribution in [0.2, 0.25) is 0 Å². The number of benzene rings is 1. The van der Waals surface area contributed by atoms with E-state index >= 15 is 0 Å². The maximum atomic E-state index is 13.8. The fraction of sp³-hybridized carbons (Fsp3) is 0.733. The molecule has 0 saturated carbocycles. The van der Waals surface area contributed by atoms with E-state index in [4.69, 9.17) is 14.2 Å². The van der Waals surface area contributed by atoms with E-state index in [1.807, 2.05) is 38.1 Å². The van der Waals surface area contributed by atoms with Crippen molar-refractivity contribution in [2.75, 3.05) is 80.7 Å². The van der Waals surface area contributed by atoms with Gasteiger partial charge in [-0.2, -0.15) is 0 Å². The Labute approximate surface area is 491 Å². The lowest BCUT2D eigenvalue weighted by Gasteiger charge is -2.30. The molecule has 1 aromatic rings. The van der Waals surface area contributed by atoms with Gasteiger partial charge in [-0.25, -0.2) is 0 Å². The van der Waals surface area contributed by atoms with Gasteiger partial charge in [-0.3, -0.25) is 47.9 Å². The summed E-state index contributed by atoms with van der Waals surface area (Å²) >= 11 is 0. The summed E-state index contributed by atoms with van der Waals surface area (Å²) in [6.07, 6.45) is 0.818. The Balaban J connectivity index is -0.00000106. The van der Waals surface area contributed by atoms with Crippen molar-refractivity contribution in [2.24, 2.45) is 35.3 Å². The van der Waals surface area contributed by atoms with Gasteiger partial charge in [-0.1, -0.05) is 114 Å². The molecular formula is C60H109N7O15. The van der Waals surface area contributed by atoms with Gasteiger partial charge in [0.1, 0.15) is 37.1 Å². The summed E-state index contributed by atoms with van der Waals surface area (Å²) in [5, 5.41) is 25.8. The van der Waals surface area contributed by atoms with Crippen molar-refractivity contribution < 1.29 is 72.4 Å². The number of methoxy groups -OCH3 is 1. The third-order valence-corrected chi connectivity index (χ3v) is 11.7. The Bertz CT molecular complexity index is 1970. The molecule has 2 aliphatic heterocycles. The quantitative estimate of drug-likeness (QED) is 0.0481. The summed E-state index contributed by atoms with van der Waals surface area (Å²) in [5.41, 5.74) is 5.76. The molecule has 82 heavy (non-hydrogen) atoms. The van der Waals surface area contributed by atoms with Crippen LogP contribution in [-0.2, 0) is 57.4 Å². The Morgan fingerprint density at radius 1 is 0.768 bits per heavy atom. The molecule has 3 rings (SSSR count). The molecule has 2 fully saturated rings. The molecule has 0 bridgehead atoms. The number of likely N-dealkylation sites (tertiary alicyclic amines) is 2. The van der Waals surface area contributed by atoms with Gasteiger partial charge in [0.25, 0.3) is 5.91 Å². The van der Waals surface area contributed by atoms with Crippen LogP contribution in [0.15, 0.2) is 24.3 Å². The number of hydrogen-bond acceptors (Lipinski definition) is 16. The average Bonchev–Trinajstić information content (AvgIpc) is 4.17. The smallest absolute Gasteiger partial charge is 0.325 e. The lowest BCUT2D eigenvalue weighted by molar-refractivity contribution is -0.153. The van der Waals surface area contributed by atoms with Gasteiger partial charge in [-0.05, 0) is 89.3 Å². The van der Waals surface area contributed by atoms with Crippen LogP contribution < -0.4 is 21.1 Å². The molecule has 4 unspecified atom stereocenters. The number of rotatable bonds is 25. The van der Waals surface area contributed by atoms with Crippen LogP contribution in [0.4, 0.5) is 0 Å². The first kappa shape index (κ1) is 82.5. The molecule has 22 heteroatoms. The average molecular weight is 1170 g/mol. The zero-order chi connectivity index (χ0) is 64.2. The van der Waals surface area contributed by atoms with Crippen molar-refractivity contribution in [3.05, 3.63) is 29.8 Å². The van der Waals surface area contributed by atoms with E-state index in [1.54, 1.807) is 25.9 Å². The number of aliphatic hydroxyl groups excluding tert-OH is 2. The van der Waals surface area contributed by atoms with Crippen molar-refractivity contribution in [1.82, 2.24) is 30.2 Å². The van der Waals surface area contributed by atoms with E-state index in [0.29, 0.717) is 38.8 Å². The molecule has 0 spiro atoms. The Morgan fingerprint density at radius 2 is 1.29 bits per heavy atom. The molecule has 2 saturated heterocycles. The van der Waals surface area contributed by atoms with Crippen LogP contribution >= 0.6 is 0 Å². The van der Waals surface area contributed by atoms with Gasteiger partial charge in [0.2, 0.25) is 30.0 Å². The van der Waals surface area contributed by atoms with Crippen LogP contribution in [0.25, 0.3) is 0 Å². The second kappa shape index (κ2) is 48.5. The number of nitrogens with zero attached hydrogens (tertiary/aromatic N) is 4. The van der Waals surface area contributed by atoms with Gasteiger partial charge in [0, 0.05) is 40.2 Å². The first-order valence-corrected chi connectivity index (χ1v) is 29.0. The molecule has 2 heterocycles. The summed E-state index contributed by atoms with van der Waals surface area (Å²) in [6.45, 7) is 28.1. The van der Waals surface area contributed by atoms with Crippen LogP contribution in [-0.4, -0.2) is 194 Å². The number of carbonyl (C=O) groups excluding carboxylic acids is 10. The third-order valence-electron chi connectivity index (χ3n) is 11.7. The summed E-state index contributed by atoms with van der Waals surface area (Å²) in [7, 11) is 5.82. The molecule has 474 valence electrons. The molecule has 0 radical (unpaired) electrons. The van der Waals surface area contributed by atoms with Gasteiger partial charge in [0.05, 0.1) is 38.6 Å². The summed E-state index contributed by atoms with van der Waals surface area (Å²) < 4.78 is 15.2. The highest BCUT2D eigenvalue weighted by Crippen LogP contribution is 2.26. The van der Waals surface area contributed by atoms with Crippen LogP contribution in [0.3, 0.4) is 0 Å². The number of amides is 6. The number of ketones is 2. The van der Waals surface area contributed by atoms with Gasteiger partial charge < -0.3 is 60.4 Å². The molecule has 6 N–H and O–H groups in total. The standard InChI is InChI=1S/C38H60N6O14.C8H10O.2C4H10.C3H8.C2H6.CH5N/c1-7-23(2)26(29(47)16-34(52)58-21-31(49)24(3)36(54)39-17-33(51)43-12-8-9-13-43)15-30(48)27(20-57-35(53)19-41(5)22-45)40-32(50)18-42(6)38(56)28-11-10-14-44(28)37(55)25(4)46;1-7-3-5-8(9-2)6-4-7;2*1-4(2)3;1-3-2;2*1-2/h22-29,46-47H,7-21H2,1-6H3,(H,39,54)(H,40,50);3-6H,1-2H3;2*4H,1-3H3;3H2,1-2H3;1-2H3;2H2,1H3/t23-,24-,25?,26-,27?,28?,29?;;;;;;/m0....../s1. The number of carbonyl (C=O) groups is 10. The van der Waals surface area contributed by atoms with E-state index < -0.39 is 122 Å². The van der Waals surface area contributed by atoms with Crippen molar-refractivity contribution >= 4 is 59.5 Å². The number of hydrogen-bond donors (Lipinski definition) is 5. The molecular weight excluding hydrogens is 1060 g/mol. The minimum absolute atomic E-state index is 0.252. The van der Waals surface area contributed by atoms with Crippen LogP contribution in [0.5, 0.6) is 5.75 Å². The van der Waals surface area contributed by atoms with Crippen LogP contribution in [0.1, 0.15) is 154 Å². The Kier molecular flexibility index (Phi) is 48.8. The van der Waals surface area contributed by atoms with E-state index in [1.165, 1.54) is 51.9 Å². The molecule has 6 amide bonds. The predicted molar refractivity (Wildman–Crippen MR) is 319 cm³/mol. The highest BCUT2D eigenvalue weighted by atomic mass is 16.5. The highest BCUT2D eigenvalue weighted by molar-refractivity contribution is 6.03. The largest absolute Gasteiger partial charge is 0.497 e. The van der Waals surface area contributed by atoms with E-state index in [0.717, 1.165) is 40.2 Å². The van der Waals surface area contributed by atoms with E-state index in [9.17, 15) is 58.2 Å². The maximum Gasteiger partial charge on any atom is 0.325 e. The predicted octanol–water partition coefficient (Wildman–Crippen LogP) is 5.14. The zero-order valence-electron chi connectivity index (χ0n) is 53.5. The Hall–Kier alpha value is -6.00. The first-order chi connectivity index (χ1) is 38.5. The monoisotopic (exact) mass is 1170 g/mol. The van der Waals surface area contributed by atoms with Crippen molar-refractivity contribution in [3.8, 4) is 5.75 Å². The summed E-state index contributed by atoms with van der Waals surface area (Å²) in [6, 6.07) is 5.57. The number of ether oxygens (including phenoxy) is 3. The zero-order valence-corrected chi connectivity index (χ0v) is 53.5.